The highest BCUT2D eigenvalue weighted by molar-refractivity contribution is 7.98. The number of thioether (sulfide) groups is 1. The standard InChI is InChI=1S/C17H20N2O2S/c1-22-16-10-6-5-9-15(16)19-17(21)18-14(12-20)11-13-7-3-2-4-8-13/h2-10,14,20H,11-12H2,1H3,(H2,18,19,21). The second-order valence-corrected chi connectivity index (χ2v) is 5.72. The number of hydrogen-bond donors (Lipinski definition) is 3. The van der Waals surface area contributed by atoms with E-state index in [4.69, 9.17) is 0 Å². The molecule has 0 aliphatic rings. The largest absolute Gasteiger partial charge is 0.394 e. The maximum atomic E-state index is 12.1. The number of anilines is 1. The molecule has 0 radical (unpaired) electrons. The van der Waals surface area contributed by atoms with Gasteiger partial charge in [0.25, 0.3) is 0 Å². The minimum absolute atomic E-state index is 0.105. The van der Waals surface area contributed by atoms with Crippen molar-refractivity contribution < 1.29 is 9.90 Å². The van der Waals surface area contributed by atoms with Gasteiger partial charge in [-0.3, -0.25) is 0 Å². The summed E-state index contributed by atoms with van der Waals surface area (Å²) in [6, 6.07) is 16.8. The molecule has 2 amide bonds. The van der Waals surface area contributed by atoms with Gasteiger partial charge in [0.2, 0.25) is 0 Å². The minimum Gasteiger partial charge on any atom is -0.394 e. The highest BCUT2D eigenvalue weighted by Crippen LogP contribution is 2.24. The Morgan fingerprint density at radius 1 is 1.14 bits per heavy atom. The third kappa shape index (κ3) is 4.79. The molecule has 0 saturated carbocycles. The molecule has 0 spiro atoms. The molecule has 4 nitrogen and oxygen atoms in total. The van der Waals surface area contributed by atoms with E-state index in [0.29, 0.717) is 6.42 Å². The molecule has 0 aliphatic heterocycles. The van der Waals surface area contributed by atoms with Gasteiger partial charge in [-0.1, -0.05) is 42.5 Å². The van der Waals surface area contributed by atoms with Gasteiger partial charge in [-0.15, -0.1) is 11.8 Å². The number of carbonyl (C=O) groups is 1. The molecule has 2 aromatic carbocycles. The van der Waals surface area contributed by atoms with Crippen LogP contribution in [0.25, 0.3) is 0 Å². The Labute approximate surface area is 134 Å². The van der Waals surface area contributed by atoms with Crippen molar-refractivity contribution >= 4 is 23.5 Å². The monoisotopic (exact) mass is 316 g/mol. The van der Waals surface area contributed by atoms with Crippen LogP contribution in [0.4, 0.5) is 10.5 Å². The van der Waals surface area contributed by atoms with Crippen LogP contribution in [0.3, 0.4) is 0 Å². The van der Waals surface area contributed by atoms with E-state index in [1.54, 1.807) is 11.8 Å². The Bertz CT molecular complexity index is 605. The molecule has 116 valence electrons. The van der Waals surface area contributed by atoms with E-state index in [-0.39, 0.29) is 18.7 Å². The molecule has 0 aliphatic carbocycles. The van der Waals surface area contributed by atoms with Gasteiger partial charge in [-0.05, 0) is 30.4 Å². The van der Waals surface area contributed by atoms with Crippen molar-refractivity contribution in [3.63, 3.8) is 0 Å². The van der Waals surface area contributed by atoms with E-state index < -0.39 is 0 Å². The summed E-state index contributed by atoms with van der Waals surface area (Å²) in [6.45, 7) is -0.105. The molecule has 1 unspecified atom stereocenters. The first-order chi connectivity index (χ1) is 10.7. The Kier molecular flexibility index (Phi) is 6.30. The zero-order valence-corrected chi connectivity index (χ0v) is 13.3. The number of carbonyl (C=O) groups excluding carboxylic acids is 1. The third-order valence-corrected chi connectivity index (χ3v) is 4.03. The SMILES string of the molecule is CSc1ccccc1NC(=O)NC(CO)Cc1ccccc1. The molecular formula is C17H20N2O2S. The van der Waals surface area contributed by atoms with Gasteiger partial charge in [0, 0.05) is 4.90 Å². The van der Waals surface area contributed by atoms with Crippen LogP contribution in [0.15, 0.2) is 59.5 Å². The molecule has 3 N–H and O–H groups in total. The number of urea groups is 1. The number of aliphatic hydroxyl groups is 1. The number of rotatable bonds is 6. The fourth-order valence-corrected chi connectivity index (χ4v) is 2.71. The van der Waals surface area contributed by atoms with Crippen molar-refractivity contribution in [1.29, 1.82) is 0 Å². The first kappa shape index (κ1) is 16.4. The van der Waals surface area contributed by atoms with Crippen molar-refractivity contribution in [3.05, 3.63) is 60.2 Å². The van der Waals surface area contributed by atoms with Crippen LogP contribution >= 0.6 is 11.8 Å². The lowest BCUT2D eigenvalue weighted by molar-refractivity contribution is 0.224. The number of amides is 2. The van der Waals surface area contributed by atoms with Crippen LogP contribution in [0.5, 0.6) is 0 Å². The smallest absolute Gasteiger partial charge is 0.319 e. The molecule has 0 heterocycles. The van der Waals surface area contributed by atoms with Crippen molar-refractivity contribution in [2.45, 2.75) is 17.4 Å². The summed E-state index contributed by atoms with van der Waals surface area (Å²) < 4.78 is 0. The average Bonchev–Trinajstić information content (AvgIpc) is 2.55. The normalized spacial score (nSPS) is 11.7. The van der Waals surface area contributed by atoms with E-state index in [2.05, 4.69) is 10.6 Å². The zero-order valence-electron chi connectivity index (χ0n) is 12.5. The van der Waals surface area contributed by atoms with Crippen LogP contribution in [0.1, 0.15) is 5.56 Å². The van der Waals surface area contributed by atoms with Crippen molar-refractivity contribution in [3.8, 4) is 0 Å². The quantitative estimate of drug-likeness (QED) is 0.718. The predicted molar refractivity (Wildman–Crippen MR) is 91.4 cm³/mol. The van der Waals surface area contributed by atoms with Gasteiger partial charge < -0.3 is 15.7 Å². The maximum Gasteiger partial charge on any atom is 0.319 e. The number of para-hydroxylation sites is 1. The summed E-state index contributed by atoms with van der Waals surface area (Å²) in [7, 11) is 0. The molecule has 0 fully saturated rings. The summed E-state index contributed by atoms with van der Waals surface area (Å²) in [5.41, 5.74) is 1.84. The van der Waals surface area contributed by atoms with Crippen LogP contribution < -0.4 is 10.6 Å². The summed E-state index contributed by atoms with van der Waals surface area (Å²) >= 11 is 1.57. The summed E-state index contributed by atoms with van der Waals surface area (Å²) in [5.74, 6) is 0. The van der Waals surface area contributed by atoms with E-state index >= 15 is 0 Å². The summed E-state index contributed by atoms with van der Waals surface area (Å²) in [6.07, 6.45) is 2.55. The molecule has 0 bridgehead atoms. The Balaban J connectivity index is 1.94. The number of hydrogen-bond acceptors (Lipinski definition) is 3. The van der Waals surface area contributed by atoms with Crippen molar-refractivity contribution in [2.75, 3.05) is 18.2 Å². The van der Waals surface area contributed by atoms with E-state index in [1.807, 2.05) is 60.9 Å². The van der Waals surface area contributed by atoms with Crippen LogP contribution in [0.2, 0.25) is 0 Å². The summed E-state index contributed by atoms with van der Waals surface area (Å²) in [4.78, 5) is 13.1. The molecule has 2 rings (SSSR count). The molecular weight excluding hydrogens is 296 g/mol. The highest BCUT2D eigenvalue weighted by Gasteiger charge is 2.13. The van der Waals surface area contributed by atoms with Crippen LogP contribution in [-0.2, 0) is 6.42 Å². The van der Waals surface area contributed by atoms with Gasteiger partial charge in [-0.25, -0.2) is 4.79 Å². The van der Waals surface area contributed by atoms with Gasteiger partial charge >= 0.3 is 6.03 Å². The van der Waals surface area contributed by atoms with Crippen LogP contribution in [0, 0.1) is 0 Å². The average molecular weight is 316 g/mol. The Hall–Kier alpha value is -1.98. The first-order valence-corrected chi connectivity index (χ1v) is 8.30. The minimum atomic E-state index is -0.316. The van der Waals surface area contributed by atoms with Crippen molar-refractivity contribution in [1.82, 2.24) is 5.32 Å². The molecule has 0 aromatic heterocycles. The predicted octanol–water partition coefficient (Wildman–Crippen LogP) is 3.13. The fourth-order valence-electron chi connectivity index (χ4n) is 2.15. The number of nitrogens with one attached hydrogen (secondary N) is 2. The molecule has 2 aromatic rings. The lowest BCUT2D eigenvalue weighted by Gasteiger charge is -2.17. The fraction of sp³-hybridized carbons (Fsp3) is 0.235. The highest BCUT2D eigenvalue weighted by atomic mass is 32.2. The number of aliphatic hydroxyl groups excluding tert-OH is 1. The third-order valence-electron chi connectivity index (χ3n) is 3.24. The van der Waals surface area contributed by atoms with Gasteiger partial charge in [-0.2, -0.15) is 0 Å². The topological polar surface area (TPSA) is 61.4 Å². The molecule has 1 atom stereocenters. The lowest BCUT2D eigenvalue weighted by atomic mass is 10.1. The van der Waals surface area contributed by atoms with Crippen LogP contribution in [-0.4, -0.2) is 30.0 Å². The molecule has 22 heavy (non-hydrogen) atoms. The zero-order chi connectivity index (χ0) is 15.8. The van der Waals surface area contributed by atoms with Gasteiger partial charge in [0.1, 0.15) is 0 Å². The van der Waals surface area contributed by atoms with Gasteiger partial charge in [0.05, 0.1) is 18.3 Å². The Morgan fingerprint density at radius 3 is 2.50 bits per heavy atom. The molecule has 0 saturated heterocycles. The second kappa shape index (κ2) is 8.46. The van der Waals surface area contributed by atoms with E-state index in [1.165, 1.54) is 0 Å². The van der Waals surface area contributed by atoms with Gasteiger partial charge in [0.15, 0.2) is 0 Å². The van der Waals surface area contributed by atoms with E-state index in [0.717, 1.165) is 16.1 Å². The Morgan fingerprint density at radius 2 is 1.82 bits per heavy atom. The molecule has 5 heteroatoms. The lowest BCUT2D eigenvalue weighted by Crippen LogP contribution is -2.41. The van der Waals surface area contributed by atoms with Crippen molar-refractivity contribution in [2.24, 2.45) is 0 Å². The maximum absolute atomic E-state index is 12.1. The number of benzene rings is 2. The first-order valence-electron chi connectivity index (χ1n) is 7.08. The van der Waals surface area contributed by atoms with E-state index in [9.17, 15) is 9.90 Å². The second-order valence-electron chi connectivity index (χ2n) is 4.87. The summed E-state index contributed by atoms with van der Waals surface area (Å²) in [5, 5.41) is 15.1.